The van der Waals surface area contributed by atoms with Crippen molar-refractivity contribution < 1.29 is 9.47 Å². The smallest absolute Gasteiger partial charge is 0.244 e. The van der Waals surface area contributed by atoms with Crippen LogP contribution in [-0.2, 0) is 6.54 Å². The van der Waals surface area contributed by atoms with Gasteiger partial charge >= 0.3 is 0 Å². The zero-order valence-corrected chi connectivity index (χ0v) is 13.1. The summed E-state index contributed by atoms with van der Waals surface area (Å²) in [6, 6.07) is 5.78. The van der Waals surface area contributed by atoms with Crippen LogP contribution in [0.4, 0.5) is 11.8 Å². The standard InChI is InChI=1S/C15H21N5O2/c1-4-7-16-15-19-14(10-18-20-15)17-9-11-5-6-12(21-2)13(8-11)22-3/h5-6,8,10H,4,7,9H2,1-3H3,(H2,16,17,19,20). The number of nitrogens with zero attached hydrogens (tertiary/aromatic N) is 3. The number of nitrogens with one attached hydrogen (secondary N) is 2. The maximum Gasteiger partial charge on any atom is 0.244 e. The van der Waals surface area contributed by atoms with E-state index in [2.05, 4.69) is 32.7 Å². The van der Waals surface area contributed by atoms with Crippen molar-refractivity contribution >= 4 is 11.8 Å². The summed E-state index contributed by atoms with van der Waals surface area (Å²) in [7, 11) is 3.24. The number of hydrogen-bond acceptors (Lipinski definition) is 7. The second kappa shape index (κ2) is 8.02. The summed E-state index contributed by atoms with van der Waals surface area (Å²) in [4.78, 5) is 4.35. The molecular weight excluding hydrogens is 282 g/mol. The lowest BCUT2D eigenvalue weighted by atomic mass is 10.2. The first-order valence-electron chi connectivity index (χ1n) is 7.15. The molecule has 0 amide bonds. The molecule has 118 valence electrons. The first-order valence-corrected chi connectivity index (χ1v) is 7.15. The lowest BCUT2D eigenvalue weighted by Crippen LogP contribution is -2.08. The lowest BCUT2D eigenvalue weighted by Gasteiger charge is -2.11. The van der Waals surface area contributed by atoms with Gasteiger partial charge in [-0.05, 0) is 24.1 Å². The highest BCUT2D eigenvalue weighted by molar-refractivity contribution is 5.44. The topological polar surface area (TPSA) is 81.2 Å². The number of anilines is 2. The van der Waals surface area contributed by atoms with Gasteiger partial charge < -0.3 is 20.1 Å². The highest BCUT2D eigenvalue weighted by Gasteiger charge is 2.05. The normalized spacial score (nSPS) is 10.1. The van der Waals surface area contributed by atoms with E-state index in [0.717, 1.165) is 18.5 Å². The van der Waals surface area contributed by atoms with Crippen molar-refractivity contribution in [2.75, 3.05) is 31.4 Å². The van der Waals surface area contributed by atoms with Gasteiger partial charge in [0.1, 0.15) is 0 Å². The van der Waals surface area contributed by atoms with Crippen LogP contribution < -0.4 is 20.1 Å². The molecule has 0 radical (unpaired) electrons. The van der Waals surface area contributed by atoms with Crippen LogP contribution in [0.15, 0.2) is 24.4 Å². The Morgan fingerprint density at radius 2 is 1.91 bits per heavy atom. The summed E-state index contributed by atoms with van der Waals surface area (Å²) in [6.45, 7) is 3.51. The zero-order valence-electron chi connectivity index (χ0n) is 13.1. The average Bonchev–Trinajstić information content (AvgIpc) is 2.58. The Morgan fingerprint density at radius 3 is 2.64 bits per heavy atom. The first-order chi connectivity index (χ1) is 10.8. The summed E-state index contributed by atoms with van der Waals surface area (Å²) >= 11 is 0. The Kier molecular flexibility index (Phi) is 5.76. The van der Waals surface area contributed by atoms with E-state index in [1.807, 2.05) is 18.2 Å². The molecule has 1 aromatic heterocycles. The Bertz CT molecular complexity index is 606. The van der Waals surface area contributed by atoms with Crippen molar-refractivity contribution in [1.29, 1.82) is 0 Å². The Morgan fingerprint density at radius 1 is 1.09 bits per heavy atom. The van der Waals surface area contributed by atoms with E-state index in [-0.39, 0.29) is 0 Å². The molecule has 0 bridgehead atoms. The fourth-order valence-electron chi connectivity index (χ4n) is 1.88. The molecule has 0 spiro atoms. The van der Waals surface area contributed by atoms with Crippen molar-refractivity contribution in [2.24, 2.45) is 0 Å². The van der Waals surface area contributed by atoms with E-state index in [1.54, 1.807) is 20.4 Å². The number of aromatic nitrogens is 3. The molecule has 1 aromatic carbocycles. The molecule has 7 nitrogen and oxygen atoms in total. The van der Waals surface area contributed by atoms with E-state index < -0.39 is 0 Å². The number of methoxy groups -OCH3 is 2. The van der Waals surface area contributed by atoms with Gasteiger partial charge in [-0.15, -0.1) is 5.10 Å². The quantitative estimate of drug-likeness (QED) is 0.774. The van der Waals surface area contributed by atoms with Gasteiger partial charge in [-0.1, -0.05) is 13.0 Å². The van der Waals surface area contributed by atoms with Crippen LogP contribution in [0.25, 0.3) is 0 Å². The highest BCUT2D eigenvalue weighted by atomic mass is 16.5. The Labute approximate surface area is 130 Å². The molecule has 0 aliphatic carbocycles. The van der Waals surface area contributed by atoms with Gasteiger partial charge in [-0.2, -0.15) is 10.1 Å². The largest absolute Gasteiger partial charge is 0.493 e. The van der Waals surface area contributed by atoms with Gasteiger partial charge in [0.25, 0.3) is 0 Å². The predicted molar refractivity (Wildman–Crippen MR) is 85.5 cm³/mol. The van der Waals surface area contributed by atoms with Gasteiger partial charge in [0.05, 0.1) is 20.4 Å². The van der Waals surface area contributed by atoms with Crippen LogP contribution in [-0.4, -0.2) is 35.9 Å². The molecular formula is C15H21N5O2. The minimum Gasteiger partial charge on any atom is -0.493 e. The summed E-state index contributed by atoms with van der Waals surface area (Å²) in [5, 5.41) is 14.2. The second-order valence-corrected chi connectivity index (χ2v) is 4.63. The van der Waals surface area contributed by atoms with Gasteiger partial charge in [0, 0.05) is 13.1 Å². The molecule has 1 heterocycles. The average molecular weight is 303 g/mol. The predicted octanol–water partition coefficient (Wildman–Crippen LogP) is 2.32. The molecule has 2 N–H and O–H groups in total. The minimum atomic E-state index is 0.527. The van der Waals surface area contributed by atoms with E-state index in [4.69, 9.17) is 9.47 Å². The van der Waals surface area contributed by atoms with Gasteiger partial charge in [-0.25, -0.2) is 0 Å². The summed E-state index contributed by atoms with van der Waals surface area (Å²) in [5.41, 5.74) is 1.05. The highest BCUT2D eigenvalue weighted by Crippen LogP contribution is 2.27. The van der Waals surface area contributed by atoms with Gasteiger partial charge in [-0.3, -0.25) is 0 Å². The van der Waals surface area contributed by atoms with E-state index in [1.165, 1.54) is 0 Å². The number of benzene rings is 1. The molecule has 2 rings (SSSR count). The van der Waals surface area contributed by atoms with Crippen LogP contribution in [0.1, 0.15) is 18.9 Å². The Balaban J connectivity index is 2.00. The molecule has 0 aliphatic heterocycles. The minimum absolute atomic E-state index is 0.527. The van der Waals surface area contributed by atoms with E-state index >= 15 is 0 Å². The Hall–Kier alpha value is -2.57. The third-order valence-corrected chi connectivity index (χ3v) is 3.01. The second-order valence-electron chi connectivity index (χ2n) is 4.63. The zero-order chi connectivity index (χ0) is 15.8. The van der Waals surface area contributed by atoms with E-state index in [0.29, 0.717) is 29.8 Å². The van der Waals surface area contributed by atoms with Gasteiger partial charge in [0.2, 0.25) is 5.95 Å². The molecule has 0 saturated carbocycles. The van der Waals surface area contributed by atoms with E-state index in [9.17, 15) is 0 Å². The maximum atomic E-state index is 5.29. The molecule has 0 aliphatic rings. The van der Waals surface area contributed by atoms with Crippen LogP contribution >= 0.6 is 0 Å². The lowest BCUT2D eigenvalue weighted by molar-refractivity contribution is 0.354. The number of rotatable bonds is 8. The van der Waals surface area contributed by atoms with Crippen LogP contribution in [0.2, 0.25) is 0 Å². The maximum absolute atomic E-state index is 5.29. The number of ether oxygens (including phenoxy) is 2. The van der Waals surface area contributed by atoms with Crippen LogP contribution in [0.5, 0.6) is 11.5 Å². The fourth-order valence-corrected chi connectivity index (χ4v) is 1.88. The first kappa shape index (κ1) is 15.8. The SMILES string of the molecule is CCCNc1nncc(NCc2ccc(OC)c(OC)c2)n1. The van der Waals surface area contributed by atoms with Crippen LogP contribution in [0.3, 0.4) is 0 Å². The molecule has 7 heteroatoms. The van der Waals surface area contributed by atoms with Crippen LogP contribution in [0, 0.1) is 0 Å². The van der Waals surface area contributed by atoms with Crippen molar-refractivity contribution in [3.63, 3.8) is 0 Å². The molecule has 2 aromatic rings. The molecule has 0 saturated heterocycles. The monoisotopic (exact) mass is 303 g/mol. The van der Waals surface area contributed by atoms with Crippen molar-refractivity contribution in [1.82, 2.24) is 15.2 Å². The molecule has 22 heavy (non-hydrogen) atoms. The van der Waals surface area contributed by atoms with Crippen molar-refractivity contribution in [2.45, 2.75) is 19.9 Å². The van der Waals surface area contributed by atoms with Crippen molar-refractivity contribution in [3.8, 4) is 11.5 Å². The van der Waals surface area contributed by atoms with Crippen molar-refractivity contribution in [3.05, 3.63) is 30.0 Å². The summed E-state index contributed by atoms with van der Waals surface area (Å²) in [5.74, 6) is 2.61. The summed E-state index contributed by atoms with van der Waals surface area (Å²) in [6.07, 6.45) is 2.60. The molecule has 0 atom stereocenters. The van der Waals surface area contributed by atoms with Gasteiger partial charge in [0.15, 0.2) is 17.3 Å². The third kappa shape index (κ3) is 4.21. The fraction of sp³-hybridized carbons (Fsp3) is 0.400. The number of hydrogen-bond donors (Lipinski definition) is 2. The third-order valence-electron chi connectivity index (χ3n) is 3.01. The molecule has 0 fully saturated rings. The molecule has 0 unspecified atom stereocenters. The summed E-state index contributed by atoms with van der Waals surface area (Å²) < 4.78 is 10.5.